The summed E-state index contributed by atoms with van der Waals surface area (Å²) in [6.45, 7) is 4.21. The van der Waals surface area contributed by atoms with E-state index < -0.39 is 0 Å². The number of nitrogen functional groups attached to an aromatic ring is 1. The normalized spacial score (nSPS) is 11.3. The van der Waals surface area contributed by atoms with Gasteiger partial charge in [0.15, 0.2) is 11.6 Å². The summed E-state index contributed by atoms with van der Waals surface area (Å²) in [5.41, 5.74) is 8.15. The van der Waals surface area contributed by atoms with E-state index in [1.165, 1.54) is 0 Å². The molecule has 0 saturated heterocycles. The number of aromatic nitrogens is 3. The van der Waals surface area contributed by atoms with Crippen LogP contribution < -0.4 is 5.73 Å². The fraction of sp³-hybridized carbons (Fsp3) is 0.333. The van der Waals surface area contributed by atoms with E-state index >= 15 is 0 Å². The molecule has 13 heavy (non-hydrogen) atoms. The fourth-order valence-corrected chi connectivity index (χ4v) is 1.25. The summed E-state index contributed by atoms with van der Waals surface area (Å²) in [7, 11) is 0. The first-order chi connectivity index (χ1) is 6.16. The van der Waals surface area contributed by atoms with Crippen molar-refractivity contribution < 1.29 is 0 Å². The molecule has 0 amide bonds. The molecule has 0 aromatic carbocycles. The van der Waals surface area contributed by atoms with Crippen molar-refractivity contribution in [2.45, 2.75) is 19.8 Å². The second-order valence-electron chi connectivity index (χ2n) is 3.38. The SMILES string of the molecule is CC(C)c1ccc2nc(N)[nH]c2n1. The number of rotatable bonds is 1. The second-order valence-corrected chi connectivity index (χ2v) is 3.38. The molecule has 68 valence electrons. The molecule has 4 nitrogen and oxygen atoms in total. The zero-order valence-corrected chi connectivity index (χ0v) is 7.70. The molecule has 0 aliphatic heterocycles. The predicted molar refractivity (Wildman–Crippen MR) is 52.4 cm³/mol. The molecule has 2 rings (SSSR count). The number of nitrogens with zero attached hydrogens (tertiary/aromatic N) is 2. The lowest BCUT2D eigenvalue weighted by Crippen LogP contribution is -1.91. The van der Waals surface area contributed by atoms with Crippen LogP contribution in [0.4, 0.5) is 5.95 Å². The summed E-state index contributed by atoms with van der Waals surface area (Å²) < 4.78 is 0. The van der Waals surface area contributed by atoms with Gasteiger partial charge in [0.2, 0.25) is 0 Å². The van der Waals surface area contributed by atoms with E-state index in [2.05, 4.69) is 28.8 Å². The Morgan fingerprint density at radius 2 is 2.08 bits per heavy atom. The van der Waals surface area contributed by atoms with Crippen LogP contribution in [-0.4, -0.2) is 15.0 Å². The van der Waals surface area contributed by atoms with E-state index in [9.17, 15) is 0 Å². The molecule has 0 bridgehead atoms. The first-order valence-corrected chi connectivity index (χ1v) is 4.29. The van der Waals surface area contributed by atoms with E-state index in [0.717, 1.165) is 16.9 Å². The molecule has 3 N–H and O–H groups in total. The van der Waals surface area contributed by atoms with Crippen LogP contribution in [0.2, 0.25) is 0 Å². The summed E-state index contributed by atoms with van der Waals surface area (Å²) in [5, 5.41) is 0. The highest BCUT2D eigenvalue weighted by Crippen LogP contribution is 2.16. The van der Waals surface area contributed by atoms with Gasteiger partial charge in [0.25, 0.3) is 0 Å². The monoisotopic (exact) mass is 176 g/mol. The molecule has 0 atom stereocenters. The van der Waals surface area contributed by atoms with E-state index in [1.807, 2.05) is 12.1 Å². The summed E-state index contributed by atoms with van der Waals surface area (Å²) in [4.78, 5) is 11.4. The zero-order valence-electron chi connectivity index (χ0n) is 7.70. The van der Waals surface area contributed by atoms with Gasteiger partial charge in [0, 0.05) is 5.69 Å². The van der Waals surface area contributed by atoms with Crippen LogP contribution >= 0.6 is 0 Å². The van der Waals surface area contributed by atoms with Gasteiger partial charge in [-0.15, -0.1) is 0 Å². The topological polar surface area (TPSA) is 67.6 Å². The molecule has 0 aliphatic carbocycles. The van der Waals surface area contributed by atoms with Crippen molar-refractivity contribution in [2.24, 2.45) is 0 Å². The minimum atomic E-state index is 0.420. The van der Waals surface area contributed by atoms with E-state index in [0.29, 0.717) is 11.9 Å². The van der Waals surface area contributed by atoms with Crippen molar-refractivity contribution in [2.75, 3.05) is 5.73 Å². The van der Waals surface area contributed by atoms with E-state index in [1.54, 1.807) is 0 Å². The van der Waals surface area contributed by atoms with Gasteiger partial charge in [-0.2, -0.15) is 0 Å². The van der Waals surface area contributed by atoms with Crippen molar-refractivity contribution in [1.82, 2.24) is 15.0 Å². The molecule has 0 radical (unpaired) electrons. The summed E-state index contributed by atoms with van der Waals surface area (Å²) in [6, 6.07) is 3.91. The maximum absolute atomic E-state index is 5.51. The Morgan fingerprint density at radius 1 is 1.31 bits per heavy atom. The average molecular weight is 176 g/mol. The predicted octanol–water partition coefficient (Wildman–Crippen LogP) is 1.66. The first-order valence-electron chi connectivity index (χ1n) is 4.29. The molecule has 0 spiro atoms. The number of hydrogen-bond donors (Lipinski definition) is 2. The number of pyridine rings is 1. The lowest BCUT2D eigenvalue weighted by atomic mass is 10.1. The largest absolute Gasteiger partial charge is 0.369 e. The number of imidazole rings is 1. The molecule has 2 aromatic rings. The van der Waals surface area contributed by atoms with Crippen molar-refractivity contribution in [3.8, 4) is 0 Å². The molecule has 2 heterocycles. The quantitative estimate of drug-likeness (QED) is 0.694. The van der Waals surface area contributed by atoms with Crippen molar-refractivity contribution in [1.29, 1.82) is 0 Å². The highest BCUT2D eigenvalue weighted by Gasteiger charge is 2.04. The van der Waals surface area contributed by atoms with E-state index in [-0.39, 0.29) is 0 Å². The first kappa shape index (κ1) is 8.04. The van der Waals surface area contributed by atoms with Gasteiger partial charge in [-0.1, -0.05) is 13.8 Å². The highest BCUT2D eigenvalue weighted by molar-refractivity contribution is 5.72. The average Bonchev–Trinajstić information content (AvgIpc) is 2.42. The van der Waals surface area contributed by atoms with Gasteiger partial charge >= 0.3 is 0 Å². The van der Waals surface area contributed by atoms with Crippen molar-refractivity contribution >= 4 is 17.1 Å². The van der Waals surface area contributed by atoms with Crippen LogP contribution in [0.25, 0.3) is 11.2 Å². The molecule has 4 heteroatoms. The van der Waals surface area contributed by atoms with E-state index in [4.69, 9.17) is 5.73 Å². The summed E-state index contributed by atoms with van der Waals surface area (Å²) >= 11 is 0. The standard InChI is InChI=1S/C9H12N4/c1-5(2)6-3-4-7-8(11-6)13-9(10)12-7/h3-5H,1-2H3,(H3,10,11,12,13). The number of nitrogens with one attached hydrogen (secondary N) is 1. The Labute approximate surface area is 76.2 Å². The maximum atomic E-state index is 5.51. The van der Waals surface area contributed by atoms with Crippen LogP contribution in [0, 0.1) is 0 Å². The highest BCUT2D eigenvalue weighted by atomic mass is 15.1. The summed E-state index contributed by atoms with van der Waals surface area (Å²) in [5.74, 6) is 0.845. The Kier molecular flexibility index (Phi) is 1.69. The van der Waals surface area contributed by atoms with Crippen molar-refractivity contribution in [3.05, 3.63) is 17.8 Å². The number of hydrogen-bond acceptors (Lipinski definition) is 3. The maximum Gasteiger partial charge on any atom is 0.199 e. The lowest BCUT2D eigenvalue weighted by Gasteiger charge is -2.01. The molecule has 0 unspecified atom stereocenters. The van der Waals surface area contributed by atoms with Gasteiger partial charge < -0.3 is 10.7 Å². The third-order valence-electron chi connectivity index (χ3n) is 1.97. The Bertz CT molecular complexity index is 430. The molecule has 0 saturated carbocycles. The summed E-state index contributed by atoms with van der Waals surface area (Å²) in [6.07, 6.45) is 0. The Balaban J connectivity index is 2.61. The number of H-pyrrole nitrogens is 1. The third kappa shape index (κ3) is 1.35. The molecular formula is C9H12N4. The van der Waals surface area contributed by atoms with Gasteiger partial charge in [-0.3, -0.25) is 0 Å². The minimum absolute atomic E-state index is 0.420. The van der Waals surface area contributed by atoms with Gasteiger partial charge in [-0.05, 0) is 18.1 Å². The molecular weight excluding hydrogens is 164 g/mol. The zero-order chi connectivity index (χ0) is 9.42. The molecule has 2 aromatic heterocycles. The molecule has 0 fully saturated rings. The lowest BCUT2D eigenvalue weighted by molar-refractivity contribution is 0.828. The Hall–Kier alpha value is -1.58. The second kappa shape index (κ2) is 2.73. The van der Waals surface area contributed by atoms with Gasteiger partial charge in [0.1, 0.15) is 5.52 Å². The number of nitrogens with two attached hydrogens (primary N) is 1. The van der Waals surface area contributed by atoms with Gasteiger partial charge in [0.05, 0.1) is 0 Å². The van der Waals surface area contributed by atoms with Crippen LogP contribution in [0.5, 0.6) is 0 Å². The van der Waals surface area contributed by atoms with Crippen LogP contribution in [0.1, 0.15) is 25.5 Å². The van der Waals surface area contributed by atoms with Gasteiger partial charge in [-0.25, -0.2) is 9.97 Å². The number of aromatic amines is 1. The number of fused-ring (bicyclic) bond motifs is 1. The molecule has 0 aliphatic rings. The third-order valence-corrected chi connectivity index (χ3v) is 1.97. The van der Waals surface area contributed by atoms with Crippen molar-refractivity contribution in [3.63, 3.8) is 0 Å². The number of anilines is 1. The fourth-order valence-electron chi connectivity index (χ4n) is 1.25. The van der Waals surface area contributed by atoms with Crippen LogP contribution in [0.3, 0.4) is 0 Å². The minimum Gasteiger partial charge on any atom is -0.369 e. The van der Waals surface area contributed by atoms with Crippen LogP contribution in [0.15, 0.2) is 12.1 Å². The Morgan fingerprint density at radius 3 is 2.77 bits per heavy atom. The van der Waals surface area contributed by atoms with Crippen LogP contribution in [-0.2, 0) is 0 Å². The smallest absolute Gasteiger partial charge is 0.199 e.